The van der Waals surface area contributed by atoms with Crippen LogP contribution in [0.15, 0.2) is 77.2 Å². The number of nitrogens with zero attached hydrogens (tertiary/aromatic N) is 2. The van der Waals surface area contributed by atoms with E-state index >= 15 is 0 Å². The van der Waals surface area contributed by atoms with Gasteiger partial charge in [-0.2, -0.15) is 0 Å². The summed E-state index contributed by atoms with van der Waals surface area (Å²) in [5.74, 6) is 0.718. The Morgan fingerprint density at radius 3 is 2.48 bits per heavy atom. The largest absolute Gasteiger partial charge is 0.497 e. The highest BCUT2D eigenvalue weighted by atomic mass is 32.2. The maximum atomic E-state index is 12.3. The summed E-state index contributed by atoms with van der Waals surface area (Å²) in [7, 11) is -2.02. The number of ether oxygens (including phenoxy) is 1. The minimum absolute atomic E-state index is 0.0743. The van der Waals surface area contributed by atoms with Gasteiger partial charge in [-0.3, -0.25) is 9.36 Å². The second-order valence-corrected chi connectivity index (χ2v) is 7.84. The zero-order chi connectivity index (χ0) is 20.7. The Morgan fingerprint density at radius 2 is 1.83 bits per heavy atom. The molecule has 3 aromatic rings. The fourth-order valence-electron chi connectivity index (χ4n) is 2.60. The maximum Gasteiger partial charge on any atom is 0.253 e. The molecule has 0 saturated heterocycles. The van der Waals surface area contributed by atoms with Gasteiger partial charge in [-0.05, 0) is 35.9 Å². The molecular weight excluding hydrogens is 390 g/mol. The van der Waals surface area contributed by atoms with Crippen LogP contribution in [-0.2, 0) is 16.6 Å². The van der Waals surface area contributed by atoms with Crippen molar-refractivity contribution in [2.45, 2.75) is 6.54 Å². The molecule has 0 unspecified atom stereocenters. The fraction of sp³-hybridized carbons (Fsp3) is 0.143. The molecule has 8 heteroatoms. The first-order valence-electron chi connectivity index (χ1n) is 8.90. The highest BCUT2D eigenvalue weighted by Crippen LogP contribution is 2.19. The van der Waals surface area contributed by atoms with Gasteiger partial charge in [0.15, 0.2) is 0 Å². The topological polar surface area (TPSA) is 90.3 Å². The van der Waals surface area contributed by atoms with Gasteiger partial charge in [0.2, 0.25) is 10.0 Å². The lowest BCUT2D eigenvalue weighted by Gasteiger charge is -2.08. The highest BCUT2D eigenvalue weighted by Gasteiger charge is 2.07. The Balaban J connectivity index is 1.60. The molecule has 0 radical (unpaired) electrons. The Hall–Kier alpha value is -3.23. The molecule has 0 atom stereocenters. The molecule has 7 nitrogen and oxygen atoms in total. The van der Waals surface area contributed by atoms with E-state index in [2.05, 4.69) is 9.71 Å². The van der Waals surface area contributed by atoms with Crippen molar-refractivity contribution in [3.8, 4) is 17.0 Å². The number of methoxy groups -OCH3 is 1. The van der Waals surface area contributed by atoms with E-state index in [9.17, 15) is 13.2 Å². The van der Waals surface area contributed by atoms with Crippen LogP contribution in [-0.4, -0.2) is 31.6 Å². The Labute approximate surface area is 169 Å². The molecule has 1 N–H and O–H groups in total. The van der Waals surface area contributed by atoms with Crippen molar-refractivity contribution >= 4 is 16.1 Å². The first-order valence-corrected chi connectivity index (χ1v) is 10.5. The summed E-state index contributed by atoms with van der Waals surface area (Å²) >= 11 is 0. The number of benzene rings is 2. The highest BCUT2D eigenvalue weighted by molar-refractivity contribution is 7.92. The summed E-state index contributed by atoms with van der Waals surface area (Å²) < 4.78 is 33.0. The monoisotopic (exact) mass is 411 g/mol. The summed E-state index contributed by atoms with van der Waals surface area (Å²) in [6, 6.07) is 17.8. The third-order valence-electron chi connectivity index (χ3n) is 4.16. The van der Waals surface area contributed by atoms with Crippen molar-refractivity contribution in [1.29, 1.82) is 0 Å². The molecule has 3 rings (SSSR count). The molecule has 29 heavy (non-hydrogen) atoms. The van der Waals surface area contributed by atoms with Gasteiger partial charge in [-0.25, -0.2) is 18.1 Å². The minimum Gasteiger partial charge on any atom is -0.497 e. The van der Waals surface area contributed by atoms with Gasteiger partial charge in [-0.1, -0.05) is 30.3 Å². The Kier molecular flexibility index (Phi) is 6.58. The van der Waals surface area contributed by atoms with E-state index in [-0.39, 0.29) is 18.6 Å². The molecule has 1 aromatic heterocycles. The number of sulfonamides is 1. The van der Waals surface area contributed by atoms with Crippen LogP contribution < -0.4 is 15.0 Å². The summed E-state index contributed by atoms with van der Waals surface area (Å²) in [5.41, 5.74) is 1.86. The molecule has 2 aromatic carbocycles. The molecule has 0 aliphatic carbocycles. The summed E-state index contributed by atoms with van der Waals surface area (Å²) in [6.45, 7) is 0.248. The third kappa shape index (κ3) is 5.87. The smallest absolute Gasteiger partial charge is 0.253 e. The van der Waals surface area contributed by atoms with Crippen LogP contribution in [0.2, 0.25) is 0 Å². The van der Waals surface area contributed by atoms with E-state index in [1.165, 1.54) is 23.0 Å². The lowest BCUT2D eigenvalue weighted by atomic mass is 10.1. The molecule has 0 saturated carbocycles. The van der Waals surface area contributed by atoms with Gasteiger partial charge in [0, 0.05) is 30.1 Å². The normalized spacial score (nSPS) is 11.6. The Bertz CT molecular complexity index is 1140. The van der Waals surface area contributed by atoms with Crippen LogP contribution in [0.3, 0.4) is 0 Å². The van der Waals surface area contributed by atoms with Crippen molar-refractivity contribution in [1.82, 2.24) is 14.3 Å². The van der Waals surface area contributed by atoms with E-state index in [1.807, 2.05) is 42.5 Å². The van der Waals surface area contributed by atoms with Crippen molar-refractivity contribution in [3.05, 3.63) is 88.3 Å². The van der Waals surface area contributed by atoms with Crippen LogP contribution >= 0.6 is 0 Å². The molecule has 0 fully saturated rings. The zero-order valence-corrected chi connectivity index (χ0v) is 16.7. The van der Waals surface area contributed by atoms with E-state index in [1.54, 1.807) is 19.2 Å². The Morgan fingerprint density at radius 1 is 1.10 bits per heavy atom. The first kappa shape index (κ1) is 20.5. The van der Waals surface area contributed by atoms with Gasteiger partial charge in [0.05, 0.1) is 19.1 Å². The number of hydrogen-bond donors (Lipinski definition) is 1. The van der Waals surface area contributed by atoms with Crippen LogP contribution in [0.4, 0.5) is 0 Å². The van der Waals surface area contributed by atoms with Gasteiger partial charge in [0.1, 0.15) is 5.75 Å². The number of rotatable bonds is 8. The second kappa shape index (κ2) is 9.31. The maximum absolute atomic E-state index is 12.3. The molecular formula is C21H21N3O4S. The molecule has 0 bridgehead atoms. The van der Waals surface area contributed by atoms with E-state index < -0.39 is 10.0 Å². The predicted octanol–water partition coefficient (Wildman–Crippen LogP) is 2.51. The quantitative estimate of drug-likeness (QED) is 0.615. The molecule has 0 aliphatic rings. The summed E-state index contributed by atoms with van der Waals surface area (Å²) in [5, 5.41) is 1.11. The van der Waals surface area contributed by atoms with Crippen molar-refractivity contribution < 1.29 is 13.2 Å². The molecule has 0 spiro atoms. The van der Waals surface area contributed by atoms with E-state index in [4.69, 9.17) is 4.74 Å². The fourth-order valence-corrected chi connectivity index (χ4v) is 3.41. The number of nitrogens with one attached hydrogen (secondary N) is 1. The van der Waals surface area contributed by atoms with Crippen LogP contribution in [0.1, 0.15) is 5.56 Å². The molecule has 150 valence electrons. The predicted molar refractivity (Wildman–Crippen MR) is 113 cm³/mol. The second-order valence-electron chi connectivity index (χ2n) is 6.19. The average Bonchev–Trinajstić information content (AvgIpc) is 2.74. The lowest BCUT2D eigenvalue weighted by Crippen LogP contribution is -2.29. The third-order valence-corrected chi connectivity index (χ3v) is 5.26. The van der Waals surface area contributed by atoms with Gasteiger partial charge < -0.3 is 4.74 Å². The van der Waals surface area contributed by atoms with E-state index in [0.29, 0.717) is 5.69 Å². The van der Waals surface area contributed by atoms with Crippen molar-refractivity contribution in [3.63, 3.8) is 0 Å². The summed E-state index contributed by atoms with van der Waals surface area (Å²) in [4.78, 5) is 16.6. The molecule has 0 aliphatic heterocycles. The van der Waals surface area contributed by atoms with Crippen LogP contribution in [0.25, 0.3) is 17.3 Å². The number of hydrogen-bond acceptors (Lipinski definition) is 5. The molecule has 1 heterocycles. The van der Waals surface area contributed by atoms with Crippen molar-refractivity contribution in [2.24, 2.45) is 0 Å². The first-order chi connectivity index (χ1) is 14.0. The van der Waals surface area contributed by atoms with Gasteiger partial charge in [-0.15, -0.1) is 0 Å². The standard InChI is InChI=1S/C21H21N3O4S/c1-28-19-9-7-18(8-10-19)20-15-21(25)24(16-22-20)13-12-23-29(26,27)14-11-17-5-3-2-4-6-17/h2-11,14-16,23H,12-13H2,1H3/b14-11+. The van der Waals surface area contributed by atoms with Gasteiger partial charge in [0.25, 0.3) is 5.56 Å². The van der Waals surface area contributed by atoms with Crippen LogP contribution in [0, 0.1) is 0 Å². The minimum atomic E-state index is -3.60. The SMILES string of the molecule is COc1ccc(-c2cc(=O)n(CCNS(=O)(=O)/C=C/c3ccccc3)cn2)cc1. The average molecular weight is 411 g/mol. The van der Waals surface area contributed by atoms with Gasteiger partial charge >= 0.3 is 0 Å². The molecule has 0 amide bonds. The lowest BCUT2D eigenvalue weighted by molar-refractivity contribution is 0.415. The zero-order valence-electron chi connectivity index (χ0n) is 15.9. The van der Waals surface area contributed by atoms with Crippen molar-refractivity contribution in [2.75, 3.05) is 13.7 Å². The summed E-state index contributed by atoms with van der Waals surface area (Å²) in [6.07, 6.45) is 2.93. The number of aromatic nitrogens is 2. The van der Waals surface area contributed by atoms with Crippen LogP contribution in [0.5, 0.6) is 5.75 Å². The van der Waals surface area contributed by atoms with E-state index in [0.717, 1.165) is 22.3 Å².